The van der Waals surface area contributed by atoms with Crippen LogP contribution in [0.15, 0.2) is 45.3 Å². The molecule has 0 fully saturated rings. The lowest BCUT2D eigenvalue weighted by Gasteiger charge is -1.97. The Balaban J connectivity index is 2.15. The molecule has 0 spiro atoms. The highest BCUT2D eigenvalue weighted by atomic mass is 79.9. The summed E-state index contributed by atoms with van der Waals surface area (Å²) >= 11 is 3.21. The Morgan fingerprint density at radius 3 is 2.72 bits per heavy atom. The second-order valence-electron chi connectivity index (χ2n) is 3.82. The molecule has 0 aliphatic heterocycles. The molecule has 2 aromatic rings. The summed E-state index contributed by atoms with van der Waals surface area (Å²) in [7, 11) is 0. The summed E-state index contributed by atoms with van der Waals surface area (Å²) in [4.78, 5) is 11.7. The Kier molecular flexibility index (Phi) is 3.67. The summed E-state index contributed by atoms with van der Waals surface area (Å²) in [5.74, 6) is 1.01. The largest absolute Gasteiger partial charge is 0.507 e. The van der Waals surface area contributed by atoms with Crippen molar-refractivity contribution in [2.45, 2.75) is 6.92 Å². The lowest BCUT2D eigenvalue weighted by atomic mass is 10.2. The van der Waals surface area contributed by atoms with Gasteiger partial charge in [-0.05, 0) is 58.8 Å². The molecule has 1 heterocycles. The van der Waals surface area contributed by atoms with E-state index in [2.05, 4.69) is 15.9 Å². The standard InChI is InChI=1S/C14H11BrO3/c1-9-2-7-14(18-9)13(17)6-4-10-3-5-12(16)11(15)8-10/h2-8,16H,1H3/b6-4+. The lowest BCUT2D eigenvalue weighted by molar-refractivity contribution is 0.102. The third-order valence-corrected chi connectivity index (χ3v) is 3.02. The molecular formula is C14H11BrO3. The number of allylic oxidation sites excluding steroid dienone is 1. The van der Waals surface area contributed by atoms with E-state index in [0.717, 1.165) is 5.56 Å². The number of phenols is 1. The van der Waals surface area contributed by atoms with Gasteiger partial charge in [0.25, 0.3) is 0 Å². The molecule has 1 N–H and O–H groups in total. The SMILES string of the molecule is Cc1ccc(C(=O)/C=C/c2ccc(O)c(Br)c2)o1. The monoisotopic (exact) mass is 306 g/mol. The number of phenolic OH excluding ortho intramolecular Hbond substituents is 1. The number of rotatable bonds is 3. The minimum Gasteiger partial charge on any atom is -0.507 e. The number of ketones is 1. The molecule has 0 bridgehead atoms. The van der Waals surface area contributed by atoms with Crippen LogP contribution in [-0.2, 0) is 0 Å². The van der Waals surface area contributed by atoms with E-state index in [0.29, 0.717) is 16.0 Å². The average Bonchev–Trinajstić information content (AvgIpc) is 2.77. The Morgan fingerprint density at radius 1 is 1.33 bits per heavy atom. The van der Waals surface area contributed by atoms with E-state index in [4.69, 9.17) is 4.42 Å². The van der Waals surface area contributed by atoms with Crippen molar-refractivity contribution in [3.63, 3.8) is 0 Å². The van der Waals surface area contributed by atoms with Crippen molar-refractivity contribution in [2.75, 3.05) is 0 Å². The van der Waals surface area contributed by atoms with Gasteiger partial charge in [-0.1, -0.05) is 12.1 Å². The Hall–Kier alpha value is -1.81. The second-order valence-corrected chi connectivity index (χ2v) is 4.67. The van der Waals surface area contributed by atoms with E-state index in [1.807, 2.05) is 0 Å². The molecule has 0 saturated heterocycles. The highest BCUT2D eigenvalue weighted by Crippen LogP contribution is 2.24. The third-order valence-electron chi connectivity index (χ3n) is 2.38. The molecule has 1 aromatic carbocycles. The van der Waals surface area contributed by atoms with Gasteiger partial charge in [-0.3, -0.25) is 4.79 Å². The summed E-state index contributed by atoms with van der Waals surface area (Å²) in [6.07, 6.45) is 3.11. The predicted octanol–water partition coefficient (Wildman–Crippen LogP) is 3.95. The summed E-state index contributed by atoms with van der Waals surface area (Å²) in [6, 6.07) is 8.40. The van der Waals surface area contributed by atoms with E-state index in [-0.39, 0.29) is 11.5 Å². The third kappa shape index (κ3) is 2.90. The van der Waals surface area contributed by atoms with Crippen molar-refractivity contribution in [3.8, 4) is 5.75 Å². The van der Waals surface area contributed by atoms with Crippen molar-refractivity contribution in [1.29, 1.82) is 0 Å². The maximum absolute atomic E-state index is 11.7. The summed E-state index contributed by atoms with van der Waals surface area (Å²) in [5, 5.41) is 9.35. The number of halogens is 1. The topological polar surface area (TPSA) is 50.4 Å². The van der Waals surface area contributed by atoms with Crippen molar-refractivity contribution >= 4 is 27.8 Å². The second kappa shape index (κ2) is 5.23. The van der Waals surface area contributed by atoms with Gasteiger partial charge in [0.1, 0.15) is 11.5 Å². The van der Waals surface area contributed by atoms with Gasteiger partial charge in [0.05, 0.1) is 4.47 Å². The van der Waals surface area contributed by atoms with Crippen LogP contribution in [0.25, 0.3) is 6.08 Å². The van der Waals surface area contributed by atoms with Gasteiger partial charge < -0.3 is 9.52 Å². The highest BCUT2D eigenvalue weighted by molar-refractivity contribution is 9.10. The molecule has 0 atom stereocenters. The molecule has 18 heavy (non-hydrogen) atoms. The molecule has 0 saturated carbocycles. The molecule has 1 aromatic heterocycles. The van der Waals surface area contributed by atoms with Crippen LogP contribution in [0.3, 0.4) is 0 Å². The van der Waals surface area contributed by atoms with Gasteiger partial charge in [-0.2, -0.15) is 0 Å². The van der Waals surface area contributed by atoms with Crippen LogP contribution < -0.4 is 0 Å². The van der Waals surface area contributed by atoms with E-state index >= 15 is 0 Å². The number of furan rings is 1. The fraction of sp³-hybridized carbons (Fsp3) is 0.0714. The van der Waals surface area contributed by atoms with E-state index in [1.165, 1.54) is 6.08 Å². The van der Waals surface area contributed by atoms with Gasteiger partial charge in [0.15, 0.2) is 5.76 Å². The van der Waals surface area contributed by atoms with Gasteiger partial charge >= 0.3 is 0 Å². The molecule has 0 unspecified atom stereocenters. The number of aromatic hydroxyl groups is 1. The first kappa shape index (κ1) is 12.6. The molecule has 0 aliphatic carbocycles. The molecule has 0 amide bonds. The molecule has 3 nitrogen and oxygen atoms in total. The van der Waals surface area contributed by atoms with Crippen LogP contribution in [0.5, 0.6) is 5.75 Å². The zero-order valence-electron chi connectivity index (χ0n) is 9.68. The molecular weight excluding hydrogens is 296 g/mol. The first-order valence-corrected chi connectivity index (χ1v) is 6.13. The first-order valence-electron chi connectivity index (χ1n) is 5.33. The molecule has 4 heteroatoms. The molecule has 2 rings (SSSR count). The van der Waals surface area contributed by atoms with Crippen LogP contribution in [0, 0.1) is 6.92 Å². The maximum Gasteiger partial charge on any atom is 0.221 e. The number of hydrogen-bond donors (Lipinski definition) is 1. The van der Waals surface area contributed by atoms with Gasteiger partial charge in [-0.15, -0.1) is 0 Å². The normalized spacial score (nSPS) is 11.0. The summed E-state index contributed by atoms with van der Waals surface area (Å²) in [6.45, 7) is 1.79. The Bertz CT molecular complexity index is 611. The number of hydrogen-bond acceptors (Lipinski definition) is 3. The van der Waals surface area contributed by atoms with Gasteiger partial charge in [0, 0.05) is 0 Å². The fourth-order valence-corrected chi connectivity index (χ4v) is 1.84. The van der Waals surface area contributed by atoms with Crippen LogP contribution in [0.2, 0.25) is 0 Å². The van der Waals surface area contributed by atoms with E-state index < -0.39 is 0 Å². The highest BCUT2D eigenvalue weighted by Gasteiger charge is 2.06. The molecule has 92 valence electrons. The van der Waals surface area contributed by atoms with Crippen LogP contribution in [-0.4, -0.2) is 10.9 Å². The van der Waals surface area contributed by atoms with E-state index in [9.17, 15) is 9.90 Å². The van der Waals surface area contributed by atoms with Crippen molar-refractivity contribution in [3.05, 3.63) is 58.0 Å². The first-order chi connectivity index (χ1) is 8.56. The number of benzene rings is 1. The number of aryl methyl sites for hydroxylation is 1. The summed E-state index contributed by atoms with van der Waals surface area (Å²) in [5.41, 5.74) is 0.816. The Morgan fingerprint density at radius 2 is 2.11 bits per heavy atom. The quantitative estimate of drug-likeness (QED) is 0.690. The minimum absolute atomic E-state index is 0.167. The number of carbonyl (C=O) groups is 1. The zero-order chi connectivity index (χ0) is 13.1. The van der Waals surface area contributed by atoms with Gasteiger partial charge in [0.2, 0.25) is 5.78 Å². The lowest BCUT2D eigenvalue weighted by Crippen LogP contribution is -1.90. The Labute approximate surface area is 113 Å². The minimum atomic E-state index is -0.188. The number of carbonyl (C=O) groups excluding carboxylic acids is 1. The maximum atomic E-state index is 11.7. The van der Waals surface area contributed by atoms with Crippen LogP contribution in [0.4, 0.5) is 0 Å². The average molecular weight is 307 g/mol. The van der Waals surface area contributed by atoms with Crippen molar-refractivity contribution in [1.82, 2.24) is 0 Å². The summed E-state index contributed by atoms with van der Waals surface area (Å²) < 4.78 is 5.82. The van der Waals surface area contributed by atoms with E-state index in [1.54, 1.807) is 43.3 Å². The smallest absolute Gasteiger partial charge is 0.221 e. The zero-order valence-corrected chi connectivity index (χ0v) is 11.3. The van der Waals surface area contributed by atoms with Crippen LogP contribution in [0.1, 0.15) is 21.9 Å². The predicted molar refractivity (Wildman–Crippen MR) is 72.6 cm³/mol. The van der Waals surface area contributed by atoms with Crippen LogP contribution >= 0.6 is 15.9 Å². The van der Waals surface area contributed by atoms with Crippen molar-refractivity contribution in [2.24, 2.45) is 0 Å². The molecule has 0 radical (unpaired) electrons. The molecule has 0 aliphatic rings. The van der Waals surface area contributed by atoms with Gasteiger partial charge in [-0.25, -0.2) is 0 Å². The fourth-order valence-electron chi connectivity index (χ4n) is 1.45. The van der Waals surface area contributed by atoms with Crippen molar-refractivity contribution < 1.29 is 14.3 Å².